The van der Waals surface area contributed by atoms with Crippen LogP contribution < -0.4 is 0 Å². The molecule has 0 bridgehead atoms. The van der Waals surface area contributed by atoms with Gasteiger partial charge in [0.2, 0.25) is 5.09 Å². The molecule has 1 fully saturated rings. The summed E-state index contributed by atoms with van der Waals surface area (Å²) >= 11 is 1.58. The molecule has 23 heavy (non-hydrogen) atoms. The highest BCUT2D eigenvalue weighted by molar-refractivity contribution is 7.99. The number of hydrogen-bond acceptors (Lipinski definition) is 6. The van der Waals surface area contributed by atoms with Crippen molar-refractivity contribution >= 4 is 33.7 Å². The minimum atomic E-state index is -3.76. The maximum Gasteiger partial charge on any atom is 0.305 e. The van der Waals surface area contributed by atoms with Crippen molar-refractivity contribution in [1.82, 2.24) is 9.21 Å². The number of carbonyl (C=O) groups is 2. The van der Waals surface area contributed by atoms with Crippen LogP contribution >= 0.6 is 11.8 Å². The van der Waals surface area contributed by atoms with Gasteiger partial charge in [0.1, 0.15) is 0 Å². The van der Waals surface area contributed by atoms with Crippen LogP contribution in [0.5, 0.6) is 0 Å². The first kappa shape index (κ1) is 17.8. The van der Waals surface area contributed by atoms with Crippen molar-refractivity contribution in [2.45, 2.75) is 17.6 Å². The van der Waals surface area contributed by atoms with Gasteiger partial charge >= 0.3 is 5.97 Å². The second-order valence-electron chi connectivity index (χ2n) is 5.23. The van der Waals surface area contributed by atoms with E-state index in [1.54, 1.807) is 11.8 Å². The Kier molecular flexibility index (Phi) is 5.37. The van der Waals surface area contributed by atoms with Crippen molar-refractivity contribution in [3.05, 3.63) is 17.9 Å². The summed E-state index contributed by atoms with van der Waals surface area (Å²) in [6.45, 7) is 0.401. The highest BCUT2D eigenvalue weighted by atomic mass is 32.2. The zero-order valence-electron chi connectivity index (χ0n) is 12.8. The van der Waals surface area contributed by atoms with Gasteiger partial charge in [-0.05, 0) is 12.1 Å². The molecule has 0 aliphatic carbocycles. The molecule has 0 radical (unpaired) electrons. The summed E-state index contributed by atoms with van der Waals surface area (Å²) in [7, 11) is -1.02. The first-order chi connectivity index (χ1) is 10.7. The topological polar surface area (TPSA) is 108 Å². The normalized spacial score (nSPS) is 19.1. The van der Waals surface area contributed by atoms with Gasteiger partial charge in [-0.15, -0.1) is 0 Å². The second kappa shape index (κ2) is 6.93. The van der Waals surface area contributed by atoms with Crippen LogP contribution in [0.4, 0.5) is 0 Å². The molecule has 1 amide bonds. The van der Waals surface area contributed by atoms with Crippen molar-refractivity contribution in [3.63, 3.8) is 0 Å². The van der Waals surface area contributed by atoms with Gasteiger partial charge in [-0.1, -0.05) is 0 Å². The molecule has 10 heteroatoms. The summed E-state index contributed by atoms with van der Waals surface area (Å²) in [5.74, 6) is -0.345. The van der Waals surface area contributed by atoms with Gasteiger partial charge in [0, 0.05) is 32.1 Å². The molecule has 0 spiro atoms. The molecule has 0 saturated carbocycles. The first-order valence-electron chi connectivity index (χ1n) is 6.86. The fourth-order valence-corrected chi connectivity index (χ4v) is 4.05. The molecule has 8 nitrogen and oxygen atoms in total. The maximum absolute atomic E-state index is 12.5. The smallest absolute Gasteiger partial charge is 0.305 e. The third-order valence-electron chi connectivity index (χ3n) is 3.43. The third-order valence-corrected chi connectivity index (χ3v) is 6.21. The summed E-state index contributed by atoms with van der Waals surface area (Å²) in [5, 5.41) is 8.64. The largest absolute Gasteiger partial charge is 0.481 e. The molecule has 1 unspecified atom stereocenters. The molecule has 1 aromatic rings. The molecule has 2 rings (SSSR count). The minimum Gasteiger partial charge on any atom is -0.481 e. The van der Waals surface area contributed by atoms with E-state index in [0.717, 1.165) is 4.31 Å². The molecule has 1 atom stereocenters. The van der Waals surface area contributed by atoms with E-state index in [9.17, 15) is 18.0 Å². The SMILES string of the molecule is CN(C)S(=O)(=O)c1ccc(C(=O)N2CCSCC2CC(=O)O)o1. The van der Waals surface area contributed by atoms with E-state index in [-0.39, 0.29) is 17.3 Å². The summed E-state index contributed by atoms with van der Waals surface area (Å²) in [6, 6.07) is 2.10. The van der Waals surface area contributed by atoms with Crippen LogP contribution in [-0.2, 0) is 14.8 Å². The lowest BCUT2D eigenvalue weighted by Crippen LogP contribution is -2.47. The van der Waals surface area contributed by atoms with Crippen LogP contribution in [0.25, 0.3) is 0 Å². The predicted octanol–water partition coefficient (Wildman–Crippen LogP) is 0.562. The minimum absolute atomic E-state index is 0.104. The van der Waals surface area contributed by atoms with E-state index in [1.807, 2.05) is 0 Å². The number of hydrogen-bond donors (Lipinski definition) is 1. The number of nitrogens with zero attached hydrogens (tertiary/aromatic N) is 2. The average Bonchev–Trinajstić information content (AvgIpc) is 2.96. The van der Waals surface area contributed by atoms with E-state index in [0.29, 0.717) is 18.1 Å². The fraction of sp³-hybridized carbons (Fsp3) is 0.538. The number of thioether (sulfide) groups is 1. The Morgan fingerprint density at radius 2 is 2.13 bits per heavy atom. The Labute approximate surface area is 138 Å². The van der Waals surface area contributed by atoms with Gasteiger partial charge in [-0.25, -0.2) is 12.7 Å². The van der Waals surface area contributed by atoms with Gasteiger partial charge in [0.05, 0.1) is 12.5 Å². The summed E-state index contributed by atoms with van der Waals surface area (Å²) in [5.41, 5.74) is 0. The number of aliphatic carboxylic acids is 1. The number of sulfonamides is 1. The van der Waals surface area contributed by atoms with Gasteiger partial charge in [-0.2, -0.15) is 11.8 Å². The van der Waals surface area contributed by atoms with Crippen LogP contribution in [0.1, 0.15) is 17.0 Å². The van der Waals surface area contributed by atoms with Crippen molar-refractivity contribution < 1.29 is 27.5 Å². The lowest BCUT2D eigenvalue weighted by Gasteiger charge is -2.33. The zero-order chi connectivity index (χ0) is 17.2. The summed E-state index contributed by atoms with van der Waals surface area (Å²) in [6.07, 6.45) is -0.150. The van der Waals surface area contributed by atoms with Crippen molar-refractivity contribution in [1.29, 1.82) is 0 Å². The van der Waals surface area contributed by atoms with Crippen LogP contribution in [0.2, 0.25) is 0 Å². The fourth-order valence-electron chi connectivity index (χ4n) is 2.19. The molecule has 128 valence electrons. The predicted molar refractivity (Wildman–Crippen MR) is 84.0 cm³/mol. The van der Waals surface area contributed by atoms with Gasteiger partial charge < -0.3 is 14.4 Å². The number of furan rings is 1. The third kappa shape index (κ3) is 3.88. The van der Waals surface area contributed by atoms with E-state index in [4.69, 9.17) is 9.52 Å². The Morgan fingerprint density at radius 3 is 2.74 bits per heavy atom. The maximum atomic E-state index is 12.5. The Hall–Kier alpha value is -1.52. The van der Waals surface area contributed by atoms with E-state index in [2.05, 4.69) is 0 Å². The van der Waals surface area contributed by atoms with Crippen LogP contribution in [0, 0.1) is 0 Å². The number of amides is 1. The Morgan fingerprint density at radius 1 is 1.43 bits per heavy atom. The quantitative estimate of drug-likeness (QED) is 0.815. The lowest BCUT2D eigenvalue weighted by atomic mass is 10.2. The van der Waals surface area contributed by atoms with Crippen LogP contribution in [-0.4, -0.2) is 72.8 Å². The van der Waals surface area contributed by atoms with E-state index >= 15 is 0 Å². The summed E-state index contributed by atoms with van der Waals surface area (Å²) < 4.78 is 30.2. The molecular weight excluding hydrogens is 344 g/mol. The lowest BCUT2D eigenvalue weighted by molar-refractivity contribution is -0.138. The first-order valence-corrected chi connectivity index (χ1v) is 9.46. The molecule has 1 N–H and O–H groups in total. The van der Waals surface area contributed by atoms with Gasteiger partial charge in [-0.3, -0.25) is 9.59 Å². The molecule has 1 aliphatic rings. The highest BCUT2D eigenvalue weighted by Gasteiger charge is 2.32. The summed E-state index contributed by atoms with van der Waals surface area (Å²) in [4.78, 5) is 24.9. The number of rotatable bonds is 5. The molecule has 0 aromatic carbocycles. The number of carboxylic acids is 1. The van der Waals surface area contributed by atoms with E-state index < -0.39 is 27.9 Å². The molecule has 1 saturated heterocycles. The van der Waals surface area contributed by atoms with E-state index in [1.165, 1.54) is 31.1 Å². The molecule has 1 aromatic heterocycles. The van der Waals surface area contributed by atoms with Crippen molar-refractivity contribution in [3.8, 4) is 0 Å². The van der Waals surface area contributed by atoms with Gasteiger partial charge in [0.25, 0.3) is 15.9 Å². The number of carbonyl (C=O) groups excluding carboxylic acids is 1. The monoisotopic (exact) mass is 362 g/mol. The molecule has 2 heterocycles. The van der Waals surface area contributed by atoms with Crippen molar-refractivity contribution in [2.24, 2.45) is 0 Å². The Bertz CT molecular complexity index is 697. The van der Waals surface area contributed by atoms with Crippen LogP contribution in [0.15, 0.2) is 21.6 Å². The van der Waals surface area contributed by atoms with Crippen LogP contribution in [0.3, 0.4) is 0 Å². The van der Waals surface area contributed by atoms with Crippen molar-refractivity contribution in [2.75, 3.05) is 32.1 Å². The number of carboxylic acid groups (broad SMARTS) is 1. The Balaban J connectivity index is 2.22. The molecule has 1 aliphatic heterocycles. The second-order valence-corrected chi connectivity index (χ2v) is 8.46. The molecular formula is C13H18N2O6S2. The standard InChI is InChI=1S/C13H18N2O6S2/c1-14(2)23(19,20)12-4-3-10(21-12)13(18)15-5-6-22-8-9(15)7-11(16)17/h3-4,9H,5-8H2,1-2H3,(H,16,17). The average molecular weight is 362 g/mol. The highest BCUT2D eigenvalue weighted by Crippen LogP contribution is 2.23. The zero-order valence-corrected chi connectivity index (χ0v) is 14.4. The van der Waals surface area contributed by atoms with Gasteiger partial charge in [0.15, 0.2) is 5.76 Å².